The molecule has 1 aromatic heterocycles. The molecule has 17 heavy (non-hydrogen) atoms. The Bertz CT molecular complexity index is 425. The number of aromatic nitrogens is 2. The molecule has 0 bridgehead atoms. The van der Waals surface area contributed by atoms with E-state index < -0.39 is 0 Å². The standard InChI is InChI=1S/C12H17N3OS/c1-8(2)11-14-15-12(17-11)13-10(16)9-6-4-3-5-7-9/h3-4,8-9H,5-7H2,1-2H3,(H,13,15,16)/t9-/m1/s1. The summed E-state index contributed by atoms with van der Waals surface area (Å²) in [4.78, 5) is 11.9. The Morgan fingerprint density at radius 1 is 1.47 bits per heavy atom. The molecule has 1 aromatic rings. The van der Waals surface area contributed by atoms with Crippen molar-refractivity contribution < 1.29 is 4.79 Å². The Morgan fingerprint density at radius 2 is 2.29 bits per heavy atom. The summed E-state index contributed by atoms with van der Waals surface area (Å²) < 4.78 is 0. The Kier molecular flexibility index (Phi) is 3.89. The first kappa shape index (κ1) is 12.2. The van der Waals surface area contributed by atoms with Gasteiger partial charge in [-0.25, -0.2) is 0 Å². The number of carbonyl (C=O) groups is 1. The van der Waals surface area contributed by atoms with Crippen LogP contribution in [0, 0.1) is 5.92 Å². The first-order valence-corrected chi connectivity index (χ1v) is 6.77. The molecule has 1 aliphatic carbocycles. The third-order valence-corrected chi connectivity index (χ3v) is 3.94. The highest BCUT2D eigenvalue weighted by Gasteiger charge is 2.20. The first-order valence-electron chi connectivity index (χ1n) is 5.96. The number of amides is 1. The van der Waals surface area contributed by atoms with Crippen molar-refractivity contribution >= 4 is 22.4 Å². The monoisotopic (exact) mass is 251 g/mol. The second kappa shape index (κ2) is 5.40. The van der Waals surface area contributed by atoms with Gasteiger partial charge in [-0.2, -0.15) is 0 Å². The first-order chi connectivity index (χ1) is 8.16. The normalized spacial score (nSPS) is 19.6. The Hall–Kier alpha value is -1.23. The topological polar surface area (TPSA) is 54.9 Å². The number of nitrogens with zero attached hydrogens (tertiary/aromatic N) is 2. The third-order valence-electron chi connectivity index (χ3n) is 2.80. The van der Waals surface area contributed by atoms with E-state index in [9.17, 15) is 4.79 Å². The molecule has 0 saturated heterocycles. The predicted molar refractivity (Wildman–Crippen MR) is 69.1 cm³/mol. The number of hydrogen-bond donors (Lipinski definition) is 1. The van der Waals surface area contributed by atoms with Crippen LogP contribution in [0.15, 0.2) is 12.2 Å². The van der Waals surface area contributed by atoms with Gasteiger partial charge in [0.2, 0.25) is 11.0 Å². The number of anilines is 1. The molecule has 2 rings (SSSR count). The molecule has 0 spiro atoms. The molecule has 92 valence electrons. The van der Waals surface area contributed by atoms with Crippen LogP contribution in [0.5, 0.6) is 0 Å². The van der Waals surface area contributed by atoms with E-state index in [0.717, 1.165) is 24.3 Å². The van der Waals surface area contributed by atoms with E-state index in [1.54, 1.807) is 0 Å². The maximum Gasteiger partial charge on any atom is 0.229 e. The number of nitrogens with one attached hydrogen (secondary N) is 1. The molecule has 0 unspecified atom stereocenters. The molecular weight excluding hydrogens is 234 g/mol. The second-order valence-electron chi connectivity index (χ2n) is 4.57. The van der Waals surface area contributed by atoms with Crippen LogP contribution in [0.2, 0.25) is 0 Å². The van der Waals surface area contributed by atoms with Gasteiger partial charge in [0.25, 0.3) is 0 Å². The molecule has 0 fully saturated rings. The zero-order valence-electron chi connectivity index (χ0n) is 10.1. The lowest BCUT2D eigenvalue weighted by Crippen LogP contribution is -2.23. The lowest BCUT2D eigenvalue weighted by atomic mass is 9.94. The van der Waals surface area contributed by atoms with Crippen molar-refractivity contribution in [2.75, 3.05) is 5.32 Å². The molecule has 1 atom stereocenters. The van der Waals surface area contributed by atoms with Gasteiger partial charge in [0.15, 0.2) is 0 Å². The highest BCUT2D eigenvalue weighted by atomic mass is 32.1. The molecule has 0 saturated carbocycles. The van der Waals surface area contributed by atoms with Crippen LogP contribution >= 0.6 is 11.3 Å². The fraction of sp³-hybridized carbons (Fsp3) is 0.583. The van der Waals surface area contributed by atoms with Crippen LogP contribution in [0.4, 0.5) is 5.13 Å². The lowest BCUT2D eigenvalue weighted by Gasteiger charge is -2.15. The van der Waals surface area contributed by atoms with E-state index in [2.05, 4.69) is 41.5 Å². The summed E-state index contributed by atoms with van der Waals surface area (Å²) >= 11 is 1.46. The van der Waals surface area contributed by atoms with Crippen LogP contribution in [-0.4, -0.2) is 16.1 Å². The van der Waals surface area contributed by atoms with E-state index in [4.69, 9.17) is 0 Å². The fourth-order valence-corrected chi connectivity index (χ4v) is 2.51. The van der Waals surface area contributed by atoms with Crippen molar-refractivity contribution in [1.29, 1.82) is 0 Å². The van der Waals surface area contributed by atoms with Gasteiger partial charge in [0.1, 0.15) is 5.01 Å². The molecule has 0 aliphatic heterocycles. The molecule has 0 aromatic carbocycles. The quantitative estimate of drug-likeness (QED) is 0.840. The largest absolute Gasteiger partial charge is 0.300 e. The van der Waals surface area contributed by atoms with Crippen molar-refractivity contribution in [1.82, 2.24) is 10.2 Å². The lowest BCUT2D eigenvalue weighted by molar-refractivity contribution is -0.120. The number of allylic oxidation sites excluding steroid dienone is 2. The van der Waals surface area contributed by atoms with Gasteiger partial charge in [0.05, 0.1) is 0 Å². The zero-order valence-corrected chi connectivity index (χ0v) is 11.0. The average molecular weight is 251 g/mol. The van der Waals surface area contributed by atoms with Crippen LogP contribution in [0.1, 0.15) is 44.0 Å². The van der Waals surface area contributed by atoms with E-state index in [0.29, 0.717) is 11.0 Å². The van der Waals surface area contributed by atoms with E-state index in [1.807, 2.05) is 0 Å². The minimum Gasteiger partial charge on any atom is -0.300 e. The second-order valence-corrected chi connectivity index (χ2v) is 5.58. The number of rotatable bonds is 3. The summed E-state index contributed by atoms with van der Waals surface area (Å²) in [5.41, 5.74) is 0. The molecule has 5 heteroatoms. The smallest absolute Gasteiger partial charge is 0.229 e. The fourth-order valence-electron chi connectivity index (χ4n) is 1.76. The number of hydrogen-bond acceptors (Lipinski definition) is 4. The number of carbonyl (C=O) groups excluding carboxylic acids is 1. The summed E-state index contributed by atoms with van der Waals surface area (Å²) in [6, 6.07) is 0. The Balaban J connectivity index is 1.95. The summed E-state index contributed by atoms with van der Waals surface area (Å²) in [6.07, 6.45) is 6.96. The van der Waals surface area contributed by atoms with Crippen LogP contribution in [0.3, 0.4) is 0 Å². The summed E-state index contributed by atoms with van der Waals surface area (Å²) in [5.74, 6) is 0.517. The predicted octanol–water partition coefficient (Wildman–Crippen LogP) is 2.96. The summed E-state index contributed by atoms with van der Waals surface area (Å²) in [5, 5.41) is 12.5. The van der Waals surface area contributed by atoms with Crippen LogP contribution < -0.4 is 5.32 Å². The van der Waals surface area contributed by atoms with Crippen LogP contribution in [0.25, 0.3) is 0 Å². The van der Waals surface area contributed by atoms with Crippen molar-refractivity contribution in [2.45, 2.75) is 39.0 Å². The van der Waals surface area contributed by atoms with Gasteiger partial charge in [-0.15, -0.1) is 10.2 Å². The molecule has 1 aliphatic rings. The summed E-state index contributed by atoms with van der Waals surface area (Å²) in [6.45, 7) is 4.14. The SMILES string of the molecule is CC(C)c1nnc(NC(=O)[C@@H]2CC=CCC2)s1. The minimum atomic E-state index is 0.0702. The molecular formula is C12H17N3OS. The molecule has 1 N–H and O–H groups in total. The third kappa shape index (κ3) is 3.12. The van der Waals surface area contributed by atoms with Gasteiger partial charge in [-0.3, -0.25) is 4.79 Å². The molecule has 0 radical (unpaired) electrons. The van der Waals surface area contributed by atoms with E-state index in [1.165, 1.54) is 11.3 Å². The average Bonchev–Trinajstić information content (AvgIpc) is 2.79. The van der Waals surface area contributed by atoms with Gasteiger partial charge in [-0.1, -0.05) is 37.3 Å². The van der Waals surface area contributed by atoms with Gasteiger partial charge < -0.3 is 5.32 Å². The van der Waals surface area contributed by atoms with Crippen LogP contribution in [-0.2, 0) is 4.79 Å². The summed E-state index contributed by atoms with van der Waals surface area (Å²) in [7, 11) is 0. The van der Waals surface area contributed by atoms with Crippen molar-refractivity contribution in [3.05, 3.63) is 17.2 Å². The van der Waals surface area contributed by atoms with Crippen molar-refractivity contribution in [3.8, 4) is 0 Å². The van der Waals surface area contributed by atoms with Gasteiger partial charge in [0, 0.05) is 11.8 Å². The molecule has 1 heterocycles. The van der Waals surface area contributed by atoms with Crippen molar-refractivity contribution in [3.63, 3.8) is 0 Å². The molecule has 4 nitrogen and oxygen atoms in total. The Morgan fingerprint density at radius 3 is 2.88 bits per heavy atom. The highest BCUT2D eigenvalue weighted by Crippen LogP contribution is 2.24. The highest BCUT2D eigenvalue weighted by molar-refractivity contribution is 7.15. The van der Waals surface area contributed by atoms with E-state index >= 15 is 0 Å². The van der Waals surface area contributed by atoms with Crippen molar-refractivity contribution in [2.24, 2.45) is 5.92 Å². The van der Waals surface area contributed by atoms with Gasteiger partial charge >= 0.3 is 0 Å². The Labute approximate surface area is 105 Å². The van der Waals surface area contributed by atoms with Gasteiger partial charge in [-0.05, 0) is 19.3 Å². The molecule has 1 amide bonds. The zero-order chi connectivity index (χ0) is 12.3. The maximum atomic E-state index is 11.9. The minimum absolute atomic E-state index is 0.0702. The van der Waals surface area contributed by atoms with E-state index in [-0.39, 0.29) is 11.8 Å². The maximum absolute atomic E-state index is 11.9.